The van der Waals surface area contributed by atoms with Gasteiger partial charge in [-0.05, 0) is 175 Å². The second kappa shape index (κ2) is 75.2. The van der Waals surface area contributed by atoms with Gasteiger partial charge in [0.25, 0.3) is 0 Å². The van der Waals surface area contributed by atoms with Crippen LogP contribution in [0.3, 0.4) is 0 Å². The molecule has 6 heterocycles. The Morgan fingerprint density at radius 3 is 0.806 bits per heavy atom. The predicted molar refractivity (Wildman–Crippen MR) is 555 cm³/mol. The number of nitrogens with zero attached hydrogens (tertiary/aromatic N) is 8. The van der Waals surface area contributed by atoms with Gasteiger partial charge >= 0.3 is 0 Å². The first kappa shape index (κ1) is 135. The van der Waals surface area contributed by atoms with Crippen molar-refractivity contribution in [2.24, 2.45) is 35.5 Å². The molecular weight excluding hydrogens is 1800 g/mol. The molecule has 0 saturated heterocycles. The van der Waals surface area contributed by atoms with Gasteiger partial charge in [-0.3, -0.25) is 29.9 Å². The minimum absolute atomic E-state index is 0. The number of benzene rings is 2. The molecule has 8 rings (SSSR count). The Hall–Kier alpha value is -5.05. The predicted octanol–water partition coefficient (Wildman–Crippen LogP) is 35.7. The summed E-state index contributed by atoms with van der Waals surface area (Å²) in [6, 6.07) is 32.6. The van der Waals surface area contributed by atoms with Gasteiger partial charge in [0.15, 0.2) is 0 Å². The number of hydrogen-bond acceptors (Lipinski definition) is 8. The van der Waals surface area contributed by atoms with Gasteiger partial charge in [0.2, 0.25) is 0 Å². The molecule has 0 aliphatic carbocycles. The maximum atomic E-state index is 5.72. The monoisotopic (exact) mass is 1980 g/mol. The summed E-state index contributed by atoms with van der Waals surface area (Å²) in [6.07, 6.45) is 31.9. The molecule has 0 bridgehead atoms. The molecule has 0 aliphatic rings. The van der Waals surface area contributed by atoms with Crippen molar-refractivity contribution in [2.75, 3.05) is 0 Å². The van der Waals surface area contributed by atoms with Gasteiger partial charge in [0.05, 0.1) is 11.4 Å². The summed E-state index contributed by atoms with van der Waals surface area (Å²) in [5.41, 5.74) is 23.8. The van der Waals surface area contributed by atoms with E-state index in [1.54, 1.807) is 24.8 Å². The van der Waals surface area contributed by atoms with Gasteiger partial charge < -0.3 is 72.9 Å². The van der Waals surface area contributed by atoms with E-state index in [0.29, 0.717) is 130 Å². The Labute approximate surface area is 873 Å². The maximum absolute atomic E-state index is 5.72. The number of aromatic nitrogens is 8. The molecule has 0 atom stereocenters. The zero-order chi connectivity index (χ0) is 97.5. The second-order valence-electron chi connectivity index (χ2n) is 39.7. The fraction of sp³-hybridized carbons (Fsp3) is 0.559. The van der Waals surface area contributed by atoms with E-state index in [-0.39, 0.29) is 98.1 Å². The fourth-order valence-corrected chi connectivity index (χ4v) is 12.3. The van der Waals surface area contributed by atoms with Crippen LogP contribution in [-0.4, -0.2) is 39.9 Å². The zero-order valence-electron chi connectivity index (χ0n) is 90.3. The molecule has 0 saturated carbocycles. The molecule has 0 N–H and O–H groups in total. The molecule has 0 spiro atoms. The molecule has 711 valence electrons. The molecular formula is C118H184N8Y3-6. The van der Waals surface area contributed by atoms with Crippen LogP contribution >= 0.6 is 0 Å². The summed E-state index contributed by atoms with van der Waals surface area (Å²) in [6.45, 7) is 112. The van der Waals surface area contributed by atoms with Crippen molar-refractivity contribution >= 4 is 0 Å². The first-order chi connectivity index (χ1) is 58.6. The third kappa shape index (κ3) is 60.1. The molecule has 8 aromatic rings. The van der Waals surface area contributed by atoms with E-state index < -0.39 is 0 Å². The SMILES string of the molecule is CC(C)[C-]=CC=[C-]C(C)C.CC(C)c1ccc(C(C)C)cc1.CC(C)c1ccc(C(C)C)nc1.CC(C)c1ccc(C(C)C)nc1.CC(C)c1ccccc1C(C)C.CC(C)c1cccnc1C(C)C.CC(C)c1ccncc1C(C)C.CC(C)c1cncnc1C(C)C.CC(C)c1nccnc1C(C)C.[CH-]=C(C(=[CH-])C(C)C)C(C)C.[CH-]=CC(=[C-]C(C)C)C(C)C.[Y].[Y].[Y]. The van der Waals surface area contributed by atoms with Crippen LogP contribution in [-0.2, 0) is 98.1 Å². The molecule has 6 aromatic heterocycles. The van der Waals surface area contributed by atoms with Crippen LogP contribution in [0.2, 0.25) is 0 Å². The van der Waals surface area contributed by atoms with Crippen LogP contribution in [0.5, 0.6) is 0 Å². The van der Waals surface area contributed by atoms with Crippen molar-refractivity contribution in [3.8, 4) is 0 Å². The fourth-order valence-electron chi connectivity index (χ4n) is 12.3. The Morgan fingerprint density at radius 2 is 0.566 bits per heavy atom. The quantitative estimate of drug-likeness (QED) is 0.0412. The Balaban J connectivity index is -0.000000322. The van der Waals surface area contributed by atoms with Gasteiger partial charge in [-0.25, -0.2) is 9.97 Å². The van der Waals surface area contributed by atoms with Gasteiger partial charge in [0, 0.05) is 170 Å². The van der Waals surface area contributed by atoms with Gasteiger partial charge in [0.1, 0.15) is 6.33 Å². The minimum atomic E-state index is 0. The van der Waals surface area contributed by atoms with Crippen molar-refractivity contribution in [1.29, 1.82) is 0 Å². The van der Waals surface area contributed by atoms with Crippen LogP contribution < -0.4 is 0 Å². The van der Waals surface area contributed by atoms with Crippen molar-refractivity contribution in [3.63, 3.8) is 0 Å². The molecule has 2 aromatic carbocycles. The number of allylic oxidation sites excluding steroid dienone is 9. The van der Waals surface area contributed by atoms with E-state index in [0.717, 1.165) is 28.1 Å². The van der Waals surface area contributed by atoms with Gasteiger partial charge in [-0.15, -0.1) is 35.5 Å². The standard InChI is InChI=1S/2C12H18.4C11H17N.2C10H16N2.3C10H16.3Y/c1-9(2)11-5-7-12(8-6-11)10(3)4;1-9(2)11-7-5-6-8-12(11)10(3)4;1-8(2)10-5-6-12-7-11(10)9(3)4;2*1-8(2)10-5-6-11(9(3)4)12-7-10;1-8(2)10-6-5-7-12-11(10)9(3)4;1-7(2)9-5-11-6-12-10(9)8(3)4;1-7(2)9-10(8(3)4)12-6-5-11-9;1-7(2)9(5)10(6)8(3)4;1-9(2)7-5-6-8-10(3)4;1-6-10(9(4)5)7-8(2)3;;;/h2*5-10H,1-4H3;4*5-9H,1-4H3;2*5-8H,1-4H3;5-8H,1-4H3;5-6,9-10H,1-4H3;1,6,8-9H,2-5H3;;;/q;;;;;;;;3*-2;;;. The van der Waals surface area contributed by atoms with Gasteiger partial charge in [-0.2, -0.15) is 0 Å². The van der Waals surface area contributed by atoms with Crippen LogP contribution in [0.4, 0.5) is 0 Å². The number of hydrogen-bond donors (Lipinski definition) is 0. The van der Waals surface area contributed by atoms with E-state index in [1.807, 2.05) is 83.1 Å². The molecule has 3 radical (unpaired) electrons. The van der Waals surface area contributed by atoms with E-state index in [9.17, 15) is 0 Å². The summed E-state index contributed by atoms with van der Waals surface area (Å²) >= 11 is 0. The molecule has 129 heavy (non-hydrogen) atoms. The van der Waals surface area contributed by atoms with E-state index in [4.69, 9.17) is 19.7 Å². The molecule has 0 fully saturated rings. The summed E-state index contributed by atoms with van der Waals surface area (Å²) in [5, 5.41) is 0. The van der Waals surface area contributed by atoms with Crippen molar-refractivity contribution in [2.45, 2.75) is 399 Å². The molecule has 0 amide bonds. The van der Waals surface area contributed by atoms with Crippen LogP contribution in [0, 0.1) is 73.5 Å². The Kier molecular flexibility index (Phi) is 78.5. The molecule has 11 heteroatoms. The van der Waals surface area contributed by atoms with Crippen LogP contribution in [0.1, 0.15) is 489 Å². The summed E-state index contributed by atoms with van der Waals surface area (Å²) < 4.78 is 0. The minimum Gasteiger partial charge on any atom is -0.394 e. The summed E-state index contributed by atoms with van der Waals surface area (Å²) in [7, 11) is 0. The second-order valence-corrected chi connectivity index (χ2v) is 39.7. The summed E-state index contributed by atoms with van der Waals surface area (Å²) in [4.78, 5) is 34.3. The average molecular weight is 1980 g/mol. The summed E-state index contributed by atoms with van der Waals surface area (Å²) in [5.74, 6) is 11.8. The average Bonchev–Trinajstić information content (AvgIpc) is 0.864. The Bertz CT molecular complexity index is 3530. The molecule has 8 nitrogen and oxygen atoms in total. The van der Waals surface area contributed by atoms with Crippen LogP contribution in [0.15, 0.2) is 182 Å². The van der Waals surface area contributed by atoms with E-state index in [2.05, 4.69) is 420 Å². The largest absolute Gasteiger partial charge is 0.394 e. The molecule has 0 aliphatic heterocycles. The van der Waals surface area contributed by atoms with Crippen LogP contribution in [0.25, 0.3) is 0 Å². The van der Waals surface area contributed by atoms with Crippen molar-refractivity contribution < 1.29 is 98.1 Å². The van der Waals surface area contributed by atoms with Crippen molar-refractivity contribution in [3.05, 3.63) is 310 Å². The third-order valence-electron chi connectivity index (χ3n) is 20.4. The zero-order valence-corrected chi connectivity index (χ0v) is 98.8. The van der Waals surface area contributed by atoms with E-state index >= 15 is 0 Å². The third-order valence-corrected chi connectivity index (χ3v) is 20.4. The normalized spacial score (nSPS) is 11.1. The number of rotatable bonds is 25. The Morgan fingerprint density at radius 1 is 0.256 bits per heavy atom. The first-order valence-corrected chi connectivity index (χ1v) is 47.8. The topological polar surface area (TPSA) is 103 Å². The molecule has 0 unspecified atom stereocenters. The first-order valence-electron chi connectivity index (χ1n) is 47.8. The van der Waals surface area contributed by atoms with E-state index in [1.165, 1.54) is 78.4 Å². The number of pyridine rings is 4. The van der Waals surface area contributed by atoms with Gasteiger partial charge in [-0.1, -0.05) is 371 Å². The van der Waals surface area contributed by atoms with Crippen molar-refractivity contribution in [1.82, 2.24) is 39.9 Å². The smallest absolute Gasteiger partial charge is 0.115 e. The maximum Gasteiger partial charge on any atom is 0.115 e.